The van der Waals surface area contributed by atoms with Crippen LogP contribution in [0.5, 0.6) is 0 Å². The fourth-order valence-corrected chi connectivity index (χ4v) is 2.16. The van der Waals surface area contributed by atoms with E-state index in [-0.39, 0.29) is 5.92 Å². The Morgan fingerprint density at radius 3 is 2.45 bits per heavy atom. The molecule has 1 nitrogen and oxygen atoms in total. The van der Waals surface area contributed by atoms with E-state index in [4.69, 9.17) is 0 Å². The predicted molar refractivity (Wildman–Crippen MR) is 34.0 cm³/mol. The second-order valence-electron chi connectivity index (χ2n) is 3.47. The smallest absolute Gasteiger partial charge is 0.316 e. The van der Waals surface area contributed by atoms with E-state index in [1.165, 1.54) is 0 Å². The van der Waals surface area contributed by atoms with Gasteiger partial charge in [0.15, 0.2) is 0 Å². The van der Waals surface area contributed by atoms with Crippen molar-refractivity contribution in [3.63, 3.8) is 0 Å². The van der Waals surface area contributed by atoms with Crippen molar-refractivity contribution in [3.8, 4) is 0 Å². The Labute approximate surface area is 63.0 Å². The minimum atomic E-state index is -3.95. The molecule has 2 aliphatic rings. The molecule has 2 rings (SSSR count). The van der Waals surface area contributed by atoms with Crippen molar-refractivity contribution in [2.75, 3.05) is 13.1 Å². The van der Waals surface area contributed by atoms with Gasteiger partial charge in [-0.2, -0.15) is 13.2 Å². The van der Waals surface area contributed by atoms with Gasteiger partial charge in [-0.25, -0.2) is 0 Å². The zero-order valence-electron chi connectivity index (χ0n) is 5.99. The summed E-state index contributed by atoms with van der Waals surface area (Å²) in [6.45, 7) is 1.35. The Bertz CT molecular complexity index is 166. The molecule has 3 atom stereocenters. The summed E-state index contributed by atoms with van der Waals surface area (Å²) in [5.41, 5.74) is 0. The van der Waals surface area contributed by atoms with Gasteiger partial charge in [-0.15, -0.1) is 0 Å². The van der Waals surface area contributed by atoms with Crippen LogP contribution in [0.4, 0.5) is 13.2 Å². The van der Waals surface area contributed by atoms with Crippen LogP contribution in [0.3, 0.4) is 0 Å². The average Bonchev–Trinajstić information content (AvgIpc) is 2.08. The molecule has 1 heterocycles. The third kappa shape index (κ3) is 1.04. The molecule has 0 aromatic rings. The van der Waals surface area contributed by atoms with Crippen LogP contribution in [0, 0.1) is 17.8 Å². The molecule has 1 aliphatic carbocycles. The molecule has 0 bridgehead atoms. The molecule has 4 heteroatoms. The van der Waals surface area contributed by atoms with E-state index in [1.807, 2.05) is 0 Å². The van der Waals surface area contributed by atoms with Gasteiger partial charge < -0.3 is 5.32 Å². The van der Waals surface area contributed by atoms with E-state index in [9.17, 15) is 13.2 Å². The minimum absolute atomic E-state index is 0.116. The summed E-state index contributed by atoms with van der Waals surface area (Å²) < 4.78 is 36.3. The van der Waals surface area contributed by atoms with Gasteiger partial charge in [-0.1, -0.05) is 0 Å². The summed E-state index contributed by atoms with van der Waals surface area (Å²) in [7, 11) is 0. The quantitative estimate of drug-likeness (QED) is 0.572. The second kappa shape index (κ2) is 2.12. The fraction of sp³-hybridized carbons (Fsp3) is 1.00. The maximum atomic E-state index is 12.1. The molecule has 1 aliphatic heterocycles. The van der Waals surface area contributed by atoms with Gasteiger partial charge in [0.25, 0.3) is 0 Å². The number of halogens is 3. The molecule has 64 valence electrons. The number of alkyl halides is 3. The van der Waals surface area contributed by atoms with Gasteiger partial charge in [0.2, 0.25) is 0 Å². The average molecular weight is 165 g/mol. The van der Waals surface area contributed by atoms with Gasteiger partial charge in [0.05, 0.1) is 5.92 Å². The van der Waals surface area contributed by atoms with Crippen molar-refractivity contribution in [2.45, 2.75) is 12.6 Å². The van der Waals surface area contributed by atoms with Crippen molar-refractivity contribution >= 4 is 0 Å². The summed E-state index contributed by atoms with van der Waals surface area (Å²) in [6.07, 6.45) is -3.60. The number of rotatable bonds is 0. The lowest BCUT2D eigenvalue weighted by molar-refractivity contribution is -0.220. The Morgan fingerprint density at radius 2 is 1.91 bits per heavy atom. The predicted octanol–water partition coefficient (Wildman–Crippen LogP) is 1.40. The van der Waals surface area contributed by atoms with Crippen molar-refractivity contribution < 1.29 is 13.2 Å². The van der Waals surface area contributed by atoms with Gasteiger partial charge >= 0.3 is 6.18 Å². The highest BCUT2D eigenvalue weighted by Crippen LogP contribution is 2.50. The highest BCUT2D eigenvalue weighted by molar-refractivity contribution is 4.98. The SMILES string of the molecule is FC(F)(F)C1C[C@H]2CNC[C@@H]12. The molecule has 11 heavy (non-hydrogen) atoms. The topological polar surface area (TPSA) is 12.0 Å². The fourth-order valence-electron chi connectivity index (χ4n) is 2.16. The van der Waals surface area contributed by atoms with Gasteiger partial charge in [0, 0.05) is 0 Å². The first-order chi connectivity index (χ1) is 5.09. The monoisotopic (exact) mass is 165 g/mol. The Balaban J connectivity index is 2.00. The molecule has 1 N–H and O–H groups in total. The molecule has 0 radical (unpaired) electrons. The third-order valence-electron chi connectivity index (χ3n) is 2.89. The van der Waals surface area contributed by atoms with Gasteiger partial charge in [-0.3, -0.25) is 0 Å². The van der Waals surface area contributed by atoms with E-state index in [1.54, 1.807) is 0 Å². The van der Waals surface area contributed by atoms with Crippen LogP contribution in [0.15, 0.2) is 0 Å². The van der Waals surface area contributed by atoms with E-state index in [2.05, 4.69) is 5.32 Å². The Hall–Kier alpha value is -0.250. The minimum Gasteiger partial charge on any atom is -0.316 e. The molecule has 0 aromatic heterocycles. The zero-order chi connectivity index (χ0) is 8.06. The van der Waals surface area contributed by atoms with E-state index >= 15 is 0 Å². The van der Waals surface area contributed by atoms with Crippen LogP contribution in [0.25, 0.3) is 0 Å². The third-order valence-corrected chi connectivity index (χ3v) is 2.89. The first kappa shape index (κ1) is 7.40. The van der Waals surface area contributed by atoms with Crippen molar-refractivity contribution in [2.24, 2.45) is 17.8 Å². The molecule has 1 saturated heterocycles. The molecule has 0 amide bonds. The van der Waals surface area contributed by atoms with Crippen molar-refractivity contribution in [1.82, 2.24) is 5.32 Å². The van der Waals surface area contributed by atoms with E-state index < -0.39 is 12.1 Å². The highest BCUT2D eigenvalue weighted by atomic mass is 19.4. The molecule has 1 unspecified atom stereocenters. The molecule has 2 fully saturated rings. The zero-order valence-corrected chi connectivity index (χ0v) is 5.99. The van der Waals surface area contributed by atoms with Crippen LogP contribution in [-0.2, 0) is 0 Å². The first-order valence-corrected chi connectivity index (χ1v) is 3.86. The molecular weight excluding hydrogens is 155 g/mol. The summed E-state index contributed by atoms with van der Waals surface area (Å²) >= 11 is 0. The molecular formula is C7H10F3N. The Kier molecular flexibility index (Phi) is 1.43. The molecule has 1 saturated carbocycles. The van der Waals surface area contributed by atoms with Crippen LogP contribution in [0.2, 0.25) is 0 Å². The van der Waals surface area contributed by atoms with Crippen molar-refractivity contribution in [1.29, 1.82) is 0 Å². The van der Waals surface area contributed by atoms with Gasteiger partial charge in [0.1, 0.15) is 0 Å². The van der Waals surface area contributed by atoms with Gasteiger partial charge in [-0.05, 0) is 31.3 Å². The van der Waals surface area contributed by atoms with Crippen LogP contribution >= 0.6 is 0 Å². The number of hydrogen-bond donors (Lipinski definition) is 1. The summed E-state index contributed by atoms with van der Waals surface area (Å²) in [5, 5.41) is 2.99. The number of fused-ring (bicyclic) bond motifs is 1. The van der Waals surface area contributed by atoms with Crippen LogP contribution in [0.1, 0.15) is 6.42 Å². The number of hydrogen-bond acceptors (Lipinski definition) is 1. The lowest BCUT2D eigenvalue weighted by Gasteiger charge is -2.40. The summed E-state index contributed by atoms with van der Waals surface area (Å²) in [4.78, 5) is 0. The molecule has 0 aromatic carbocycles. The summed E-state index contributed by atoms with van der Waals surface area (Å²) in [6, 6.07) is 0. The maximum Gasteiger partial charge on any atom is 0.392 e. The lowest BCUT2D eigenvalue weighted by Crippen LogP contribution is -2.44. The Morgan fingerprint density at radius 1 is 1.18 bits per heavy atom. The maximum absolute atomic E-state index is 12.1. The van der Waals surface area contributed by atoms with Crippen LogP contribution < -0.4 is 5.32 Å². The summed E-state index contributed by atoms with van der Waals surface area (Å²) in [5.74, 6) is -0.820. The first-order valence-electron chi connectivity index (χ1n) is 3.86. The lowest BCUT2D eigenvalue weighted by atomic mass is 9.66. The highest BCUT2D eigenvalue weighted by Gasteiger charge is 2.56. The number of nitrogens with one attached hydrogen (secondary N) is 1. The van der Waals surface area contributed by atoms with E-state index in [0.717, 1.165) is 6.54 Å². The van der Waals surface area contributed by atoms with Crippen LogP contribution in [-0.4, -0.2) is 19.3 Å². The second-order valence-corrected chi connectivity index (χ2v) is 3.47. The normalized spacial score (nSPS) is 43.4. The van der Waals surface area contributed by atoms with Crippen molar-refractivity contribution in [3.05, 3.63) is 0 Å². The molecule has 0 spiro atoms. The largest absolute Gasteiger partial charge is 0.392 e. The van der Waals surface area contributed by atoms with E-state index in [0.29, 0.717) is 18.9 Å². The standard InChI is InChI=1S/C7H10F3N/c8-7(9,10)6-1-4-2-11-3-5(4)6/h4-6,11H,1-3H2/t4-,5+,6?/m0/s1.